The molecule has 10 heteroatoms. The first-order chi connectivity index (χ1) is 18.7. The summed E-state index contributed by atoms with van der Waals surface area (Å²) >= 11 is 0. The van der Waals surface area contributed by atoms with E-state index < -0.39 is 0 Å². The first kappa shape index (κ1) is 29.6. The van der Waals surface area contributed by atoms with Gasteiger partial charge in [-0.05, 0) is 55.2 Å². The smallest absolute Gasteiger partial charge is 0.276 e. The van der Waals surface area contributed by atoms with E-state index >= 15 is 0 Å². The lowest BCUT2D eigenvalue weighted by Crippen LogP contribution is -2.29. The van der Waals surface area contributed by atoms with Gasteiger partial charge in [-0.1, -0.05) is 19.9 Å². The second-order valence-corrected chi connectivity index (χ2v) is 7.95. The molecule has 0 saturated carbocycles. The molecule has 0 atom stereocenters. The number of anilines is 3. The van der Waals surface area contributed by atoms with Crippen molar-refractivity contribution in [3.05, 3.63) is 60.7 Å². The van der Waals surface area contributed by atoms with Gasteiger partial charge in [-0.25, -0.2) is 4.98 Å². The lowest BCUT2D eigenvalue weighted by Gasteiger charge is -2.28. The van der Waals surface area contributed by atoms with Gasteiger partial charge in [0.25, 0.3) is 5.91 Å². The second kappa shape index (κ2) is 15.5. The Labute approximate surface area is 222 Å². The van der Waals surface area contributed by atoms with Gasteiger partial charge in [-0.15, -0.1) is 0 Å². The molecule has 5 rings (SSSR count). The topological polar surface area (TPSA) is 133 Å². The van der Waals surface area contributed by atoms with Crippen LogP contribution in [0.2, 0.25) is 0 Å². The highest BCUT2D eigenvalue weighted by Crippen LogP contribution is 2.29. The number of hydrogen-bond acceptors (Lipinski definition) is 8. The van der Waals surface area contributed by atoms with Gasteiger partial charge in [0.15, 0.2) is 5.69 Å². The van der Waals surface area contributed by atoms with Crippen LogP contribution in [0.3, 0.4) is 0 Å². The Hall–Kier alpha value is -4.60. The Balaban J connectivity index is 0.000000791. The van der Waals surface area contributed by atoms with E-state index in [-0.39, 0.29) is 5.91 Å². The van der Waals surface area contributed by atoms with Gasteiger partial charge in [0.1, 0.15) is 19.4 Å². The second-order valence-electron chi connectivity index (χ2n) is 7.95. The largest absolute Gasteiger partial charge is 0.373 e. The number of piperidine rings is 1. The lowest BCUT2D eigenvalue weighted by molar-refractivity contribution is -0.0987. The summed E-state index contributed by atoms with van der Waals surface area (Å²) in [5.41, 5.74) is 4.93. The number of carbonyl (C=O) groups is 3. The monoisotopic (exact) mass is 517 g/mol. The van der Waals surface area contributed by atoms with Gasteiger partial charge >= 0.3 is 0 Å². The zero-order valence-corrected chi connectivity index (χ0v) is 22.2. The van der Waals surface area contributed by atoms with E-state index in [0.717, 1.165) is 46.6 Å². The number of carbonyl (C=O) groups excluding carboxylic acids is 3. The SMILES string of the molecule is C=O.C=O.CC.CNc1ccc(NC(=O)c2n[nH]c3ccc(-c4cncc(N5CCCCC5)c4)cc23)cn1. The first-order valence-corrected chi connectivity index (χ1v) is 12.4. The highest BCUT2D eigenvalue weighted by Gasteiger charge is 2.16. The molecule has 0 spiro atoms. The molecule has 0 bridgehead atoms. The fraction of sp³-hybridized carbons (Fsp3) is 0.286. The third kappa shape index (κ3) is 7.22. The molecule has 1 amide bonds. The normalized spacial score (nSPS) is 12.0. The first-order valence-electron chi connectivity index (χ1n) is 12.4. The molecule has 38 heavy (non-hydrogen) atoms. The van der Waals surface area contributed by atoms with Crippen molar-refractivity contribution in [3.8, 4) is 11.1 Å². The number of aromatic amines is 1. The summed E-state index contributed by atoms with van der Waals surface area (Å²) in [6.07, 6.45) is 9.14. The molecule has 4 aromatic rings. The summed E-state index contributed by atoms with van der Waals surface area (Å²) in [5.74, 6) is 0.450. The Morgan fingerprint density at radius 2 is 1.66 bits per heavy atom. The number of pyridine rings is 2. The molecule has 0 unspecified atom stereocenters. The minimum absolute atomic E-state index is 0.285. The Kier molecular flexibility index (Phi) is 12.1. The predicted molar refractivity (Wildman–Crippen MR) is 153 cm³/mol. The lowest BCUT2D eigenvalue weighted by atomic mass is 10.0. The third-order valence-electron chi connectivity index (χ3n) is 5.83. The summed E-state index contributed by atoms with van der Waals surface area (Å²) in [7, 11) is 1.80. The quantitative estimate of drug-likeness (QED) is 0.338. The number of aromatic nitrogens is 4. The van der Waals surface area contributed by atoms with E-state index in [1.807, 2.05) is 58.0 Å². The van der Waals surface area contributed by atoms with E-state index in [1.165, 1.54) is 19.3 Å². The number of benzene rings is 1. The highest BCUT2D eigenvalue weighted by atomic mass is 16.2. The van der Waals surface area contributed by atoms with Gasteiger partial charge in [0.2, 0.25) is 0 Å². The van der Waals surface area contributed by atoms with Gasteiger partial charge in [0.05, 0.1) is 29.3 Å². The standard InChI is InChI=1S/C24H25N7O.C2H6.2CH2O/c1-25-22-8-6-18(14-27-22)28-24(32)23-20-12-16(5-7-21(20)29-30-23)17-11-19(15-26-13-17)31-9-3-2-4-10-31;3*1-2/h5-8,11-15H,2-4,9-10H2,1H3,(H,25,27)(H,28,32)(H,29,30);1-2H3;2*1H2. The molecule has 4 heterocycles. The van der Waals surface area contributed by atoms with Gasteiger partial charge < -0.3 is 25.1 Å². The van der Waals surface area contributed by atoms with Crippen LogP contribution in [0, 0.1) is 0 Å². The number of nitrogens with one attached hydrogen (secondary N) is 3. The van der Waals surface area contributed by atoms with E-state index in [4.69, 9.17) is 9.59 Å². The maximum Gasteiger partial charge on any atom is 0.276 e. The van der Waals surface area contributed by atoms with Crippen molar-refractivity contribution >= 4 is 47.6 Å². The number of H-pyrrole nitrogens is 1. The zero-order valence-electron chi connectivity index (χ0n) is 22.2. The highest BCUT2D eigenvalue weighted by molar-refractivity contribution is 6.11. The van der Waals surface area contributed by atoms with Crippen LogP contribution < -0.4 is 15.5 Å². The summed E-state index contributed by atoms with van der Waals surface area (Å²) < 4.78 is 0. The molecule has 1 aromatic carbocycles. The molecular formula is C28H35N7O3. The fourth-order valence-electron chi connectivity index (χ4n) is 4.08. The van der Waals surface area contributed by atoms with Crippen molar-refractivity contribution in [2.75, 3.05) is 35.7 Å². The van der Waals surface area contributed by atoms with Crippen molar-refractivity contribution in [1.82, 2.24) is 20.2 Å². The maximum absolute atomic E-state index is 12.9. The Bertz CT molecular complexity index is 1280. The fourth-order valence-corrected chi connectivity index (χ4v) is 4.08. The predicted octanol–water partition coefficient (Wildman–Crippen LogP) is 4.96. The molecule has 0 radical (unpaired) electrons. The van der Waals surface area contributed by atoms with Gasteiger partial charge in [0, 0.05) is 37.3 Å². The van der Waals surface area contributed by atoms with Crippen molar-refractivity contribution in [3.63, 3.8) is 0 Å². The van der Waals surface area contributed by atoms with E-state index in [1.54, 1.807) is 25.4 Å². The van der Waals surface area contributed by atoms with Crippen LogP contribution in [0.1, 0.15) is 43.6 Å². The molecule has 0 aliphatic carbocycles. The molecule has 1 fully saturated rings. The number of rotatable bonds is 5. The van der Waals surface area contributed by atoms with E-state index in [0.29, 0.717) is 11.4 Å². The Morgan fingerprint density at radius 3 is 2.32 bits per heavy atom. The van der Waals surface area contributed by atoms with E-state index in [2.05, 4.69) is 41.8 Å². The molecule has 10 nitrogen and oxygen atoms in total. The van der Waals surface area contributed by atoms with Crippen LogP contribution in [0.4, 0.5) is 17.2 Å². The van der Waals surface area contributed by atoms with Crippen molar-refractivity contribution in [2.24, 2.45) is 0 Å². The number of nitrogens with zero attached hydrogens (tertiary/aromatic N) is 4. The van der Waals surface area contributed by atoms with E-state index in [9.17, 15) is 4.79 Å². The summed E-state index contributed by atoms with van der Waals surface area (Å²) in [4.78, 5) is 40.0. The summed E-state index contributed by atoms with van der Waals surface area (Å²) in [6, 6.07) is 11.7. The average molecular weight is 518 g/mol. The van der Waals surface area contributed by atoms with Crippen LogP contribution in [-0.2, 0) is 9.59 Å². The van der Waals surface area contributed by atoms with Gasteiger partial charge in [-0.2, -0.15) is 5.10 Å². The molecule has 3 aromatic heterocycles. The minimum Gasteiger partial charge on any atom is -0.373 e. The molecule has 3 N–H and O–H groups in total. The van der Waals surface area contributed by atoms with Gasteiger partial charge in [-0.3, -0.25) is 14.9 Å². The van der Waals surface area contributed by atoms with Crippen LogP contribution in [-0.4, -0.2) is 59.8 Å². The summed E-state index contributed by atoms with van der Waals surface area (Å²) in [5, 5.41) is 13.8. The maximum atomic E-state index is 12.9. The van der Waals surface area contributed by atoms with Crippen molar-refractivity contribution in [1.29, 1.82) is 0 Å². The number of hydrogen-bond donors (Lipinski definition) is 3. The summed E-state index contributed by atoms with van der Waals surface area (Å²) in [6.45, 7) is 10.1. The Morgan fingerprint density at radius 1 is 0.921 bits per heavy atom. The molecule has 1 aliphatic rings. The number of amides is 1. The van der Waals surface area contributed by atoms with Crippen molar-refractivity contribution < 1.29 is 14.4 Å². The average Bonchev–Trinajstić information content (AvgIpc) is 3.45. The molecule has 1 saturated heterocycles. The third-order valence-corrected chi connectivity index (χ3v) is 5.83. The van der Waals surface area contributed by atoms with Crippen molar-refractivity contribution in [2.45, 2.75) is 33.1 Å². The molecule has 1 aliphatic heterocycles. The molecular weight excluding hydrogens is 482 g/mol. The van der Waals surface area contributed by atoms with Crippen LogP contribution in [0.25, 0.3) is 22.0 Å². The van der Waals surface area contributed by atoms with Crippen LogP contribution >= 0.6 is 0 Å². The zero-order chi connectivity index (χ0) is 27.9. The van der Waals surface area contributed by atoms with Crippen LogP contribution in [0.5, 0.6) is 0 Å². The molecule has 200 valence electrons. The van der Waals surface area contributed by atoms with Crippen LogP contribution in [0.15, 0.2) is 55.0 Å². The number of fused-ring (bicyclic) bond motifs is 1. The minimum atomic E-state index is -0.285.